The predicted octanol–water partition coefficient (Wildman–Crippen LogP) is 6.67. The van der Waals surface area contributed by atoms with Gasteiger partial charge in [-0.2, -0.15) is 9.78 Å². The Bertz CT molecular complexity index is 1640. The van der Waals surface area contributed by atoms with Gasteiger partial charge < -0.3 is 9.15 Å². The van der Waals surface area contributed by atoms with Crippen molar-refractivity contribution in [3.05, 3.63) is 105 Å². The molecule has 0 N–H and O–H groups in total. The van der Waals surface area contributed by atoms with Crippen LogP contribution in [0.5, 0.6) is 5.75 Å². The molecule has 2 heterocycles. The molecular formula is C26H17BrClN3O3. The molecule has 0 unspecified atom stereocenters. The van der Waals surface area contributed by atoms with Crippen molar-refractivity contribution < 1.29 is 9.15 Å². The number of hydrogen-bond donors (Lipinski definition) is 0. The summed E-state index contributed by atoms with van der Waals surface area (Å²) in [7, 11) is 0. The van der Waals surface area contributed by atoms with Gasteiger partial charge in [0.15, 0.2) is 5.76 Å². The number of hydrogen-bond acceptors (Lipinski definition) is 5. The Hall–Kier alpha value is -3.68. The van der Waals surface area contributed by atoms with Crippen LogP contribution in [0.2, 0.25) is 5.02 Å². The van der Waals surface area contributed by atoms with Crippen LogP contribution in [0.15, 0.2) is 98.2 Å². The molecule has 0 aliphatic rings. The van der Waals surface area contributed by atoms with E-state index < -0.39 is 0 Å². The minimum atomic E-state index is -0.325. The number of fused-ring (bicyclic) bond motifs is 2. The van der Waals surface area contributed by atoms with Crippen molar-refractivity contribution in [2.45, 2.75) is 0 Å². The van der Waals surface area contributed by atoms with E-state index in [4.69, 9.17) is 25.7 Å². The molecule has 0 aliphatic heterocycles. The molecule has 8 heteroatoms. The van der Waals surface area contributed by atoms with Gasteiger partial charge in [-0.15, -0.1) is 0 Å². The second kappa shape index (κ2) is 9.29. The lowest BCUT2D eigenvalue weighted by Gasteiger charge is -2.09. The smallest absolute Gasteiger partial charge is 0.282 e. The van der Waals surface area contributed by atoms with E-state index in [1.165, 1.54) is 10.9 Å². The summed E-state index contributed by atoms with van der Waals surface area (Å²) in [5.74, 6) is 1.26. The van der Waals surface area contributed by atoms with Crippen LogP contribution in [0.3, 0.4) is 0 Å². The highest BCUT2D eigenvalue weighted by Gasteiger charge is 2.17. The maximum atomic E-state index is 13.4. The third-order valence-electron chi connectivity index (χ3n) is 5.09. The molecule has 0 spiro atoms. The Labute approximate surface area is 207 Å². The Morgan fingerprint density at radius 3 is 2.85 bits per heavy atom. The van der Waals surface area contributed by atoms with Gasteiger partial charge in [-0.3, -0.25) is 4.79 Å². The molecule has 168 valence electrons. The number of nitrogens with zero attached hydrogens (tertiary/aromatic N) is 3. The first-order valence-corrected chi connectivity index (χ1v) is 11.5. The molecular weight excluding hydrogens is 518 g/mol. The van der Waals surface area contributed by atoms with Crippen molar-refractivity contribution >= 4 is 55.6 Å². The van der Waals surface area contributed by atoms with Gasteiger partial charge >= 0.3 is 0 Å². The van der Waals surface area contributed by atoms with Crippen molar-refractivity contribution in [1.82, 2.24) is 9.66 Å². The third-order valence-corrected chi connectivity index (χ3v) is 5.82. The number of para-hydroxylation sites is 1. The zero-order chi connectivity index (χ0) is 23.7. The maximum Gasteiger partial charge on any atom is 0.282 e. The van der Waals surface area contributed by atoms with E-state index in [0.717, 1.165) is 9.86 Å². The summed E-state index contributed by atoms with van der Waals surface area (Å²) < 4.78 is 13.9. The molecule has 0 aliphatic carbocycles. The number of benzene rings is 3. The standard InChI is InChI=1S/C26H17BrClN3O3/c1-2-11-33-22-10-8-19(28)13-17(22)15-29-31-25(30-21-6-4-3-5-20(21)26(31)32)24-14-16-12-18(27)7-9-23(16)34-24/h2-10,12-15H,1,11H2. The van der Waals surface area contributed by atoms with Gasteiger partial charge in [-0.1, -0.05) is 52.3 Å². The minimum Gasteiger partial charge on any atom is -0.489 e. The SMILES string of the molecule is C=CCOc1ccc(Cl)cc1C=Nn1c(-c2cc3cc(Br)ccc3o2)nc2ccccc2c1=O. The molecule has 0 saturated heterocycles. The first kappa shape index (κ1) is 22.1. The first-order valence-electron chi connectivity index (χ1n) is 10.3. The molecule has 5 rings (SSSR count). The highest BCUT2D eigenvalue weighted by molar-refractivity contribution is 9.10. The molecule has 5 aromatic rings. The van der Waals surface area contributed by atoms with Crippen molar-refractivity contribution in [3.63, 3.8) is 0 Å². The van der Waals surface area contributed by atoms with Gasteiger partial charge in [0.2, 0.25) is 5.82 Å². The van der Waals surface area contributed by atoms with E-state index in [1.54, 1.807) is 42.5 Å². The molecule has 3 aromatic carbocycles. The zero-order valence-corrected chi connectivity index (χ0v) is 20.1. The van der Waals surface area contributed by atoms with Gasteiger partial charge in [0, 0.05) is 20.4 Å². The molecule has 0 saturated carbocycles. The van der Waals surface area contributed by atoms with Crippen molar-refractivity contribution in [2.24, 2.45) is 5.10 Å². The van der Waals surface area contributed by atoms with Crippen LogP contribution in [0.4, 0.5) is 0 Å². The largest absolute Gasteiger partial charge is 0.489 e. The lowest BCUT2D eigenvalue weighted by Crippen LogP contribution is -2.20. The molecule has 0 bridgehead atoms. The highest BCUT2D eigenvalue weighted by Crippen LogP contribution is 2.29. The van der Waals surface area contributed by atoms with E-state index in [9.17, 15) is 4.79 Å². The van der Waals surface area contributed by atoms with Crippen LogP contribution < -0.4 is 10.3 Å². The van der Waals surface area contributed by atoms with Crippen molar-refractivity contribution in [1.29, 1.82) is 0 Å². The second-order valence-corrected chi connectivity index (χ2v) is 8.74. The fraction of sp³-hybridized carbons (Fsp3) is 0.0385. The number of halogens is 2. The second-order valence-electron chi connectivity index (χ2n) is 7.39. The average Bonchev–Trinajstić information content (AvgIpc) is 3.26. The summed E-state index contributed by atoms with van der Waals surface area (Å²) in [4.78, 5) is 18.1. The lowest BCUT2D eigenvalue weighted by atomic mass is 10.2. The summed E-state index contributed by atoms with van der Waals surface area (Å²) in [5.41, 5.74) is 1.50. The van der Waals surface area contributed by atoms with E-state index in [1.807, 2.05) is 30.3 Å². The highest BCUT2D eigenvalue weighted by atomic mass is 79.9. The molecule has 34 heavy (non-hydrogen) atoms. The normalized spacial score (nSPS) is 11.5. The number of aromatic nitrogens is 2. The van der Waals surface area contributed by atoms with Crippen LogP contribution in [-0.2, 0) is 0 Å². The zero-order valence-electron chi connectivity index (χ0n) is 17.7. The maximum absolute atomic E-state index is 13.4. The van der Waals surface area contributed by atoms with Crippen molar-refractivity contribution in [3.8, 4) is 17.3 Å². The Balaban J connectivity index is 1.70. The first-order chi connectivity index (χ1) is 16.5. The van der Waals surface area contributed by atoms with E-state index >= 15 is 0 Å². The summed E-state index contributed by atoms with van der Waals surface area (Å²) in [6.07, 6.45) is 3.16. The van der Waals surface area contributed by atoms with Crippen LogP contribution in [0.1, 0.15) is 5.56 Å². The Kier molecular flexibility index (Phi) is 6.04. The van der Waals surface area contributed by atoms with E-state index in [2.05, 4.69) is 27.6 Å². The van der Waals surface area contributed by atoms with E-state index in [-0.39, 0.29) is 11.4 Å². The number of furan rings is 1. The van der Waals surface area contributed by atoms with E-state index in [0.29, 0.717) is 45.2 Å². The fourth-order valence-corrected chi connectivity index (χ4v) is 4.09. The molecule has 0 atom stereocenters. The molecule has 0 fully saturated rings. The number of rotatable bonds is 6. The van der Waals surface area contributed by atoms with Crippen LogP contribution in [0.25, 0.3) is 33.5 Å². The topological polar surface area (TPSA) is 69.6 Å². The van der Waals surface area contributed by atoms with Crippen LogP contribution in [0, 0.1) is 0 Å². The van der Waals surface area contributed by atoms with Gasteiger partial charge in [0.1, 0.15) is 17.9 Å². The average molecular weight is 535 g/mol. The van der Waals surface area contributed by atoms with Gasteiger partial charge in [0.05, 0.1) is 17.1 Å². The predicted molar refractivity (Wildman–Crippen MR) is 139 cm³/mol. The van der Waals surface area contributed by atoms with Gasteiger partial charge in [0.25, 0.3) is 5.56 Å². The Morgan fingerprint density at radius 1 is 1.15 bits per heavy atom. The van der Waals surface area contributed by atoms with Crippen LogP contribution >= 0.6 is 27.5 Å². The summed E-state index contributed by atoms with van der Waals surface area (Å²) in [6, 6.07) is 19.8. The fourth-order valence-electron chi connectivity index (χ4n) is 3.54. The van der Waals surface area contributed by atoms with Crippen molar-refractivity contribution in [2.75, 3.05) is 6.61 Å². The summed E-state index contributed by atoms with van der Waals surface area (Å²) >= 11 is 9.66. The molecule has 2 aromatic heterocycles. The quantitative estimate of drug-likeness (QED) is 0.180. The Morgan fingerprint density at radius 2 is 2.00 bits per heavy atom. The molecule has 0 radical (unpaired) electrons. The van der Waals surface area contributed by atoms with Gasteiger partial charge in [-0.05, 0) is 54.6 Å². The molecule has 6 nitrogen and oxygen atoms in total. The van der Waals surface area contributed by atoms with Gasteiger partial charge in [-0.25, -0.2) is 4.98 Å². The van der Waals surface area contributed by atoms with Crippen LogP contribution in [-0.4, -0.2) is 22.5 Å². The molecule has 0 amide bonds. The third kappa shape index (κ3) is 4.27. The monoisotopic (exact) mass is 533 g/mol. The minimum absolute atomic E-state index is 0.280. The lowest BCUT2D eigenvalue weighted by molar-refractivity contribution is 0.362. The number of ether oxygens (including phenoxy) is 1. The summed E-state index contributed by atoms with van der Waals surface area (Å²) in [5, 5.41) is 6.31. The summed E-state index contributed by atoms with van der Waals surface area (Å²) in [6.45, 7) is 3.99.